The standard InChI is InChI=1S/C11H9F3O/c1-2-3-4-10(15)11-8(13)5-7(12)6-9(11)14/h2,5-6H,1,3-4H2. The number of rotatable bonds is 4. The number of carbonyl (C=O) groups is 1. The Morgan fingerprint density at radius 2 is 1.80 bits per heavy atom. The number of ketones is 1. The molecule has 1 nitrogen and oxygen atoms in total. The van der Waals surface area contributed by atoms with Gasteiger partial charge in [-0.25, -0.2) is 13.2 Å². The van der Waals surface area contributed by atoms with Gasteiger partial charge >= 0.3 is 0 Å². The number of benzene rings is 1. The minimum absolute atomic E-state index is 0.0387. The van der Waals surface area contributed by atoms with Crippen LogP contribution in [-0.4, -0.2) is 5.78 Å². The zero-order valence-electron chi connectivity index (χ0n) is 7.90. The number of allylic oxidation sites excluding steroid dienone is 1. The van der Waals surface area contributed by atoms with Crippen LogP contribution in [-0.2, 0) is 0 Å². The summed E-state index contributed by atoms with van der Waals surface area (Å²) in [7, 11) is 0. The molecule has 0 heterocycles. The van der Waals surface area contributed by atoms with E-state index < -0.39 is 28.8 Å². The van der Waals surface area contributed by atoms with Crippen molar-refractivity contribution in [2.24, 2.45) is 0 Å². The molecule has 1 rings (SSSR count). The van der Waals surface area contributed by atoms with Gasteiger partial charge in [0.2, 0.25) is 0 Å². The van der Waals surface area contributed by atoms with E-state index in [4.69, 9.17) is 0 Å². The molecule has 0 unspecified atom stereocenters. The number of carbonyl (C=O) groups excluding carboxylic acids is 1. The second kappa shape index (κ2) is 4.77. The first kappa shape index (κ1) is 11.5. The molecular weight excluding hydrogens is 205 g/mol. The fraction of sp³-hybridized carbons (Fsp3) is 0.182. The van der Waals surface area contributed by atoms with Crippen LogP contribution in [0, 0.1) is 17.5 Å². The zero-order chi connectivity index (χ0) is 11.4. The Labute approximate surface area is 85.2 Å². The van der Waals surface area contributed by atoms with Gasteiger partial charge in [-0.3, -0.25) is 4.79 Å². The van der Waals surface area contributed by atoms with Gasteiger partial charge in [-0.1, -0.05) is 6.08 Å². The molecule has 0 spiro atoms. The fourth-order valence-electron chi connectivity index (χ4n) is 1.17. The first-order chi connectivity index (χ1) is 7.06. The van der Waals surface area contributed by atoms with E-state index >= 15 is 0 Å². The van der Waals surface area contributed by atoms with Gasteiger partial charge in [0.05, 0.1) is 5.56 Å². The summed E-state index contributed by atoms with van der Waals surface area (Å²) in [5.41, 5.74) is -0.682. The van der Waals surface area contributed by atoms with Crippen molar-refractivity contribution in [2.75, 3.05) is 0 Å². The van der Waals surface area contributed by atoms with Crippen molar-refractivity contribution in [2.45, 2.75) is 12.8 Å². The van der Waals surface area contributed by atoms with Gasteiger partial charge in [0, 0.05) is 18.6 Å². The normalized spacial score (nSPS) is 10.1. The number of hydrogen-bond acceptors (Lipinski definition) is 1. The maximum absolute atomic E-state index is 13.1. The SMILES string of the molecule is C=CCCC(=O)c1c(F)cc(F)cc1F. The van der Waals surface area contributed by atoms with Crippen molar-refractivity contribution in [3.63, 3.8) is 0 Å². The summed E-state index contributed by atoms with van der Waals surface area (Å²) in [4.78, 5) is 11.3. The topological polar surface area (TPSA) is 17.1 Å². The highest BCUT2D eigenvalue weighted by atomic mass is 19.1. The summed E-state index contributed by atoms with van der Waals surface area (Å²) in [6.45, 7) is 3.39. The molecule has 4 heteroatoms. The molecular formula is C11H9F3O. The van der Waals surface area contributed by atoms with Crippen LogP contribution in [0.15, 0.2) is 24.8 Å². The van der Waals surface area contributed by atoms with Crippen molar-refractivity contribution in [1.29, 1.82) is 0 Å². The molecule has 80 valence electrons. The van der Waals surface area contributed by atoms with Gasteiger partial charge in [0.15, 0.2) is 5.78 Å². The van der Waals surface area contributed by atoms with E-state index in [-0.39, 0.29) is 6.42 Å². The predicted molar refractivity (Wildman–Crippen MR) is 50.1 cm³/mol. The van der Waals surface area contributed by atoms with Crippen LogP contribution in [0.2, 0.25) is 0 Å². The number of Topliss-reactive ketones (excluding diaryl/α,β-unsaturated/α-hetero) is 1. The van der Waals surface area contributed by atoms with Gasteiger partial charge < -0.3 is 0 Å². The van der Waals surface area contributed by atoms with E-state index in [2.05, 4.69) is 6.58 Å². The Morgan fingerprint density at radius 3 is 2.27 bits per heavy atom. The molecule has 0 aliphatic heterocycles. The van der Waals surface area contributed by atoms with Crippen LogP contribution in [0.1, 0.15) is 23.2 Å². The molecule has 0 radical (unpaired) electrons. The second-order valence-electron chi connectivity index (χ2n) is 2.99. The quantitative estimate of drug-likeness (QED) is 0.555. The summed E-state index contributed by atoms with van der Waals surface area (Å²) < 4.78 is 38.6. The summed E-state index contributed by atoms with van der Waals surface area (Å²) in [5, 5.41) is 0. The molecule has 0 bridgehead atoms. The van der Waals surface area contributed by atoms with E-state index in [9.17, 15) is 18.0 Å². The van der Waals surface area contributed by atoms with Crippen LogP contribution < -0.4 is 0 Å². The summed E-state index contributed by atoms with van der Waals surface area (Å²) in [5.74, 6) is -4.06. The monoisotopic (exact) mass is 214 g/mol. The van der Waals surface area contributed by atoms with E-state index in [1.807, 2.05) is 0 Å². The van der Waals surface area contributed by atoms with Gasteiger partial charge in [0.25, 0.3) is 0 Å². The van der Waals surface area contributed by atoms with Crippen LogP contribution in [0.5, 0.6) is 0 Å². The molecule has 0 aromatic heterocycles. The zero-order valence-corrected chi connectivity index (χ0v) is 7.90. The van der Waals surface area contributed by atoms with Crippen molar-refractivity contribution < 1.29 is 18.0 Å². The first-order valence-electron chi connectivity index (χ1n) is 4.35. The van der Waals surface area contributed by atoms with E-state index in [1.165, 1.54) is 6.08 Å². The van der Waals surface area contributed by atoms with Gasteiger partial charge in [-0.2, -0.15) is 0 Å². The van der Waals surface area contributed by atoms with Crippen molar-refractivity contribution in [3.8, 4) is 0 Å². The number of hydrogen-bond donors (Lipinski definition) is 0. The van der Waals surface area contributed by atoms with Crippen molar-refractivity contribution in [1.82, 2.24) is 0 Å². The largest absolute Gasteiger partial charge is 0.294 e. The third kappa shape index (κ3) is 2.68. The van der Waals surface area contributed by atoms with Gasteiger partial charge in [-0.15, -0.1) is 6.58 Å². The molecule has 0 saturated carbocycles. The average molecular weight is 214 g/mol. The minimum Gasteiger partial charge on any atom is -0.294 e. The molecule has 0 saturated heterocycles. The smallest absolute Gasteiger partial charge is 0.169 e. The van der Waals surface area contributed by atoms with E-state index in [0.29, 0.717) is 18.6 Å². The predicted octanol–water partition coefficient (Wildman–Crippen LogP) is 3.25. The lowest BCUT2D eigenvalue weighted by Gasteiger charge is -2.03. The minimum atomic E-state index is -1.17. The number of halogens is 3. The molecule has 0 amide bonds. The summed E-state index contributed by atoms with van der Waals surface area (Å²) >= 11 is 0. The highest BCUT2D eigenvalue weighted by Crippen LogP contribution is 2.17. The molecule has 0 aliphatic rings. The Hall–Kier alpha value is -1.58. The molecule has 15 heavy (non-hydrogen) atoms. The summed E-state index contributed by atoms with van der Waals surface area (Å²) in [6, 6.07) is 0.981. The van der Waals surface area contributed by atoms with E-state index in [1.54, 1.807) is 0 Å². The van der Waals surface area contributed by atoms with Crippen molar-refractivity contribution >= 4 is 5.78 Å². The average Bonchev–Trinajstić information content (AvgIpc) is 2.12. The van der Waals surface area contributed by atoms with Crippen LogP contribution in [0.4, 0.5) is 13.2 Å². The van der Waals surface area contributed by atoms with Crippen LogP contribution in [0.25, 0.3) is 0 Å². The maximum atomic E-state index is 13.1. The Morgan fingerprint density at radius 1 is 1.27 bits per heavy atom. The lowest BCUT2D eigenvalue weighted by molar-refractivity contribution is 0.0975. The highest BCUT2D eigenvalue weighted by molar-refractivity contribution is 5.96. The molecule has 0 fully saturated rings. The third-order valence-corrected chi connectivity index (χ3v) is 1.86. The summed E-state index contributed by atoms with van der Waals surface area (Å²) in [6.07, 6.45) is 1.76. The lowest BCUT2D eigenvalue weighted by Crippen LogP contribution is -2.06. The molecule has 1 aromatic rings. The van der Waals surface area contributed by atoms with Gasteiger partial charge in [0.1, 0.15) is 17.5 Å². The first-order valence-corrected chi connectivity index (χ1v) is 4.35. The Balaban J connectivity index is 3.03. The van der Waals surface area contributed by atoms with Crippen LogP contribution in [0.3, 0.4) is 0 Å². The maximum Gasteiger partial charge on any atom is 0.169 e. The van der Waals surface area contributed by atoms with Gasteiger partial charge in [-0.05, 0) is 6.42 Å². The fourth-order valence-corrected chi connectivity index (χ4v) is 1.17. The molecule has 0 aliphatic carbocycles. The lowest BCUT2D eigenvalue weighted by atomic mass is 10.1. The molecule has 0 atom stereocenters. The molecule has 0 N–H and O–H groups in total. The van der Waals surface area contributed by atoms with Crippen molar-refractivity contribution in [3.05, 3.63) is 47.8 Å². The van der Waals surface area contributed by atoms with Crippen LogP contribution >= 0.6 is 0 Å². The Bertz CT molecular complexity index is 376. The van der Waals surface area contributed by atoms with E-state index in [0.717, 1.165) is 0 Å². The second-order valence-corrected chi connectivity index (χ2v) is 2.99. The molecule has 1 aromatic carbocycles. The Kier molecular flexibility index (Phi) is 3.66. The highest BCUT2D eigenvalue weighted by Gasteiger charge is 2.17. The third-order valence-electron chi connectivity index (χ3n) is 1.86.